The summed E-state index contributed by atoms with van der Waals surface area (Å²) in [5, 5.41) is 2.60. The van der Waals surface area contributed by atoms with Crippen molar-refractivity contribution in [3.63, 3.8) is 0 Å². The van der Waals surface area contributed by atoms with Crippen LogP contribution in [0.3, 0.4) is 0 Å². The second-order valence-corrected chi connectivity index (χ2v) is 5.50. The van der Waals surface area contributed by atoms with E-state index in [4.69, 9.17) is 14.2 Å². The van der Waals surface area contributed by atoms with E-state index in [9.17, 15) is 9.59 Å². The van der Waals surface area contributed by atoms with E-state index in [0.717, 1.165) is 10.0 Å². The van der Waals surface area contributed by atoms with Gasteiger partial charge in [0.05, 0.1) is 13.7 Å². The molecule has 0 fully saturated rings. The van der Waals surface area contributed by atoms with Crippen LogP contribution in [0.2, 0.25) is 0 Å². The van der Waals surface area contributed by atoms with E-state index in [1.165, 1.54) is 20.1 Å². The van der Waals surface area contributed by atoms with E-state index in [-0.39, 0.29) is 5.91 Å². The van der Waals surface area contributed by atoms with Crippen LogP contribution in [0.25, 0.3) is 6.08 Å². The molecule has 1 aromatic carbocycles. The van der Waals surface area contributed by atoms with Gasteiger partial charge >= 0.3 is 5.97 Å². The molecule has 1 rings (SSSR count). The fourth-order valence-electron chi connectivity index (χ4n) is 1.68. The van der Waals surface area contributed by atoms with E-state index in [1.807, 2.05) is 12.1 Å². The van der Waals surface area contributed by atoms with Crippen LogP contribution in [-0.4, -0.2) is 45.4 Å². The first-order chi connectivity index (χ1) is 11.0. The normalized spacial score (nSPS) is 12.0. The van der Waals surface area contributed by atoms with E-state index in [0.29, 0.717) is 18.9 Å². The van der Waals surface area contributed by atoms with E-state index < -0.39 is 12.1 Å². The molecule has 7 heteroatoms. The highest BCUT2D eigenvalue weighted by Crippen LogP contribution is 2.24. The fourth-order valence-corrected chi connectivity index (χ4v) is 2.06. The molecule has 0 bridgehead atoms. The van der Waals surface area contributed by atoms with Crippen LogP contribution >= 0.6 is 15.9 Å². The SMILES string of the molecule is COCCNC(=O)[C@H](C)OC(=O)/C=C/c1cc(Br)ccc1OC. The molecule has 126 valence electrons. The van der Waals surface area contributed by atoms with Gasteiger partial charge in [-0.2, -0.15) is 0 Å². The summed E-state index contributed by atoms with van der Waals surface area (Å²) in [7, 11) is 3.09. The van der Waals surface area contributed by atoms with Crippen molar-refractivity contribution in [3.05, 3.63) is 34.3 Å². The molecule has 0 saturated heterocycles. The number of halogens is 1. The number of carbonyl (C=O) groups excluding carboxylic acids is 2. The number of rotatable bonds is 8. The first kappa shape index (κ1) is 19.2. The van der Waals surface area contributed by atoms with Gasteiger partial charge in [-0.3, -0.25) is 4.79 Å². The average molecular weight is 386 g/mol. The maximum absolute atomic E-state index is 11.8. The smallest absolute Gasteiger partial charge is 0.331 e. The molecule has 0 aromatic heterocycles. The summed E-state index contributed by atoms with van der Waals surface area (Å²) in [6.45, 7) is 2.27. The first-order valence-electron chi connectivity index (χ1n) is 6.96. The predicted octanol–water partition coefficient (Wildman–Crippen LogP) is 2.17. The molecule has 0 heterocycles. The molecule has 1 amide bonds. The Morgan fingerprint density at radius 1 is 1.35 bits per heavy atom. The van der Waals surface area contributed by atoms with Gasteiger partial charge in [-0.1, -0.05) is 15.9 Å². The van der Waals surface area contributed by atoms with Crippen molar-refractivity contribution in [1.29, 1.82) is 0 Å². The van der Waals surface area contributed by atoms with Gasteiger partial charge < -0.3 is 19.5 Å². The van der Waals surface area contributed by atoms with Crippen LogP contribution < -0.4 is 10.1 Å². The molecule has 1 aromatic rings. The van der Waals surface area contributed by atoms with Crippen LogP contribution in [-0.2, 0) is 19.1 Å². The summed E-state index contributed by atoms with van der Waals surface area (Å²) in [6, 6.07) is 5.42. The summed E-state index contributed by atoms with van der Waals surface area (Å²) in [5.41, 5.74) is 0.719. The van der Waals surface area contributed by atoms with Crippen LogP contribution in [0.5, 0.6) is 5.75 Å². The minimum absolute atomic E-state index is 0.363. The van der Waals surface area contributed by atoms with E-state index >= 15 is 0 Å². The van der Waals surface area contributed by atoms with Crippen molar-refractivity contribution in [1.82, 2.24) is 5.32 Å². The second kappa shape index (κ2) is 10.0. The predicted molar refractivity (Wildman–Crippen MR) is 90.2 cm³/mol. The highest BCUT2D eigenvalue weighted by Gasteiger charge is 2.15. The van der Waals surface area contributed by atoms with Crippen molar-refractivity contribution >= 4 is 33.9 Å². The topological polar surface area (TPSA) is 73.9 Å². The monoisotopic (exact) mass is 385 g/mol. The van der Waals surface area contributed by atoms with Crippen molar-refractivity contribution in [2.75, 3.05) is 27.4 Å². The summed E-state index contributed by atoms with van der Waals surface area (Å²) in [6.07, 6.45) is 1.94. The number of hydrogen-bond donors (Lipinski definition) is 1. The summed E-state index contributed by atoms with van der Waals surface area (Å²) in [5.74, 6) is -0.354. The van der Waals surface area contributed by atoms with Crippen LogP contribution in [0.1, 0.15) is 12.5 Å². The molecule has 1 N–H and O–H groups in total. The Morgan fingerprint density at radius 2 is 2.09 bits per heavy atom. The maximum atomic E-state index is 11.8. The third-order valence-electron chi connectivity index (χ3n) is 2.86. The Labute approximate surface area is 143 Å². The van der Waals surface area contributed by atoms with Crippen LogP contribution in [0, 0.1) is 0 Å². The molecule has 1 atom stereocenters. The van der Waals surface area contributed by atoms with Crippen molar-refractivity contribution in [3.8, 4) is 5.75 Å². The summed E-state index contributed by atoms with van der Waals surface area (Å²) in [4.78, 5) is 23.5. The largest absolute Gasteiger partial charge is 0.496 e. The number of nitrogens with one attached hydrogen (secondary N) is 1. The van der Waals surface area contributed by atoms with Crippen LogP contribution in [0.15, 0.2) is 28.7 Å². The highest BCUT2D eigenvalue weighted by atomic mass is 79.9. The van der Waals surface area contributed by atoms with Crippen molar-refractivity contribution in [2.24, 2.45) is 0 Å². The molecule has 23 heavy (non-hydrogen) atoms. The zero-order valence-corrected chi connectivity index (χ0v) is 14.9. The third-order valence-corrected chi connectivity index (χ3v) is 3.35. The summed E-state index contributed by atoms with van der Waals surface area (Å²) < 4.78 is 15.9. The van der Waals surface area contributed by atoms with Crippen molar-refractivity contribution in [2.45, 2.75) is 13.0 Å². The van der Waals surface area contributed by atoms with Gasteiger partial charge in [0, 0.05) is 29.8 Å². The molecule has 0 aliphatic heterocycles. The molecule has 0 spiro atoms. The Balaban J connectivity index is 2.59. The minimum atomic E-state index is -0.881. The average Bonchev–Trinajstić information content (AvgIpc) is 2.53. The first-order valence-corrected chi connectivity index (χ1v) is 7.76. The third kappa shape index (κ3) is 6.83. The Kier molecular flexibility index (Phi) is 8.36. The van der Waals surface area contributed by atoms with Gasteiger partial charge in [-0.25, -0.2) is 4.79 Å². The standard InChI is InChI=1S/C16H20BrNO5/c1-11(16(20)18-8-9-21-2)23-15(19)7-4-12-10-13(17)5-6-14(12)22-3/h4-7,10-11H,8-9H2,1-3H3,(H,18,20)/b7-4+/t11-/m0/s1. The van der Waals surface area contributed by atoms with Gasteiger partial charge in [-0.05, 0) is 31.2 Å². The quantitative estimate of drug-likeness (QED) is 0.421. The Bertz CT molecular complexity index is 574. The van der Waals surface area contributed by atoms with E-state index in [1.54, 1.807) is 19.3 Å². The van der Waals surface area contributed by atoms with Gasteiger partial charge in [-0.15, -0.1) is 0 Å². The molecular formula is C16H20BrNO5. The van der Waals surface area contributed by atoms with Crippen molar-refractivity contribution < 1.29 is 23.8 Å². The number of esters is 1. The zero-order chi connectivity index (χ0) is 17.2. The van der Waals surface area contributed by atoms with Gasteiger partial charge in [0.2, 0.25) is 0 Å². The van der Waals surface area contributed by atoms with E-state index in [2.05, 4.69) is 21.2 Å². The Hall–Kier alpha value is -1.86. The van der Waals surface area contributed by atoms with Gasteiger partial charge in [0.1, 0.15) is 5.75 Å². The molecular weight excluding hydrogens is 366 g/mol. The van der Waals surface area contributed by atoms with Gasteiger partial charge in [0.15, 0.2) is 6.10 Å². The molecule has 0 unspecified atom stereocenters. The maximum Gasteiger partial charge on any atom is 0.331 e. The molecule has 0 saturated carbocycles. The number of amides is 1. The molecule has 0 aliphatic rings. The summed E-state index contributed by atoms with van der Waals surface area (Å²) >= 11 is 3.35. The lowest BCUT2D eigenvalue weighted by Crippen LogP contribution is -2.37. The molecule has 0 radical (unpaired) electrons. The minimum Gasteiger partial charge on any atom is -0.496 e. The lowest BCUT2D eigenvalue weighted by atomic mass is 10.2. The van der Waals surface area contributed by atoms with Crippen LogP contribution in [0.4, 0.5) is 0 Å². The molecule has 6 nitrogen and oxygen atoms in total. The number of ether oxygens (including phenoxy) is 3. The van der Waals surface area contributed by atoms with Gasteiger partial charge in [0.25, 0.3) is 5.91 Å². The fraction of sp³-hybridized carbons (Fsp3) is 0.375. The highest BCUT2D eigenvalue weighted by molar-refractivity contribution is 9.10. The number of benzene rings is 1. The number of hydrogen-bond acceptors (Lipinski definition) is 5. The number of methoxy groups -OCH3 is 2. The second-order valence-electron chi connectivity index (χ2n) is 4.58. The lowest BCUT2D eigenvalue weighted by molar-refractivity contribution is -0.150. The zero-order valence-electron chi connectivity index (χ0n) is 13.3. The Morgan fingerprint density at radius 3 is 2.74 bits per heavy atom. The lowest BCUT2D eigenvalue weighted by Gasteiger charge is -2.12. The number of carbonyl (C=O) groups is 2. The molecule has 0 aliphatic carbocycles.